The molecular weight excluding hydrogens is 483 g/mol. The summed E-state index contributed by atoms with van der Waals surface area (Å²) in [5.41, 5.74) is 7.12. The van der Waals surface area contributed by atoms with E-state index in [1.54, 1.807) is 11.9 Å². The largest absolute Gasteiger partial charge is 0.468 e. The number of carbonyl (C=O) groups is 1. The summed E-state index contributed by atoms with van der Waals surface area (Å²) < 4.78 is 46.2. The molecule has 0 aliphatic heterocycles. The molecule has 0 atom stereocenters. The summed E-state index contributed by atoms with van der Waals surface area (Å²) >= 11 is 0. The van der Waals surface area contributed by atoms with E-state index in [1.165, 1.54) is 18.3 Å². The molecule has 4 aromatic rings. The third-order valence-electron chi connectivity index (χ3n) is 4.54. The summed E-state index contributed by atoms with van der Waals surface area (Å²) in [6.45, 7) is -1.46. The number of anilines is 3. The number of alkyl halides is 3. The van der Waals surface area contributed by atoms with Crippen LogP contribution in [0.3, 0.4) is 0 Å². The maximum Gasteiger partial charge on any atom is 0.422 e. The Morgan fingerprint density at radius 2 is 1.86 bits per heavy atom. The number of nitrogens with zero attached hydrogens (tertiary/aromatic N) is 7. The average molecular weight is 501 g/mol. The smallest absolute Gasteiger partial charge is 0.422 e. The van der Waals surface area contributed by atoms with Crippen molar-refractivity contribution in [1.82, 2.24) is 35.4 Å². The van der Waals surface area contributed by atoms with Gasteiger partial charge in [-0.2, -0.15) is 33.1 Å². The van der Waals surface area contributed by atoms with Gasteiger partial charge in [-0.3, -0.25) is 4.79 Å². The molecule has 0 aliphatic carbocycles. The molecule has 4 rings (SSSR count). The normalized spacial score (nSPS) is 11.2. The highest BCUT2D eigenvalue weighted by Gasteiger charge is 2.28. The zero-order valence-corrected chi connectivity index (χ0v) is 18.6. The Balaban J connectivity index is 1.40. The van der Waals surface area contributed by atoms with E-state index in [1.807, 2.05) is 30.3 Å². The summed E-state index contributed by atoms with van der Waals surface area (Å²) in [7, 11) is 1.74. The van der Waals surface area contributed by atoms with Crippen molar-refractivity contribution in [3.05, 3.63) is 60.1 Å². The highest BCUT2D eigenvalue weighted by atomic mass is 19.4. The summed E-state index contributed by atoms with van der Waals surface area (Å²) in [4.78, 5) is 34.3. The summed E-state index contributed by atoms with van der Waals surface area (Å²) in [6.07, 6.45) is -3.20. The lowest BCUT2D eigenvalue weighted by Crippen LogP contribution is -2.23. The Morgan fingerprint density at radius 1 is 1.08 bits per heavy atom. The Kier molecular flexibility index (Phi) is 6.89. The maximum absolute atomic E-state index is 12.4. The number of amides is 1. The first kappa shape index (κ1) is 24.3. The fourth-order valence-electron chi connectivity index (χ4n) is 2.82. The minimum absolute atomic E-state index is 0.00160. The molecule has 0 spiro atoms. The first-order valence-electron chi connectivity index (χ1n) is 10.2. The van der Waals surface area contributed by atoms with Gasteiger partial charge in [-0.25, -0.2) is 4.98 Å². The lowest BCUT2D eigenvalue weighted by molar-refractivity contribution is -0.154. The van der Waals surface area contributed by atoms with Gasteiger partial charge in [0.25, 0.3) is 0 Å². The van der Waals surface area contributed by atoms with Crippen LogP contribution in [0.25, 0.3) is 11.6 Å². The zero-order chi connectivity index (χ0) is 25.7. The Labute approximate surface area is 201 Å². The molecule has 0 saturated heterocycles. The van der Waals surface area contributed by atoms with Gasteiger partial charge in [0.1, 0.15) is 0 Å². The molecule has 36 heavy (non-hydrogen) atoms. The molecule has 3 aromatic heterocycles. The number of halogens is 3. The standard InChI is InChI=1S/C21H18F3N9O3/c1-33(13-5-3-2-4-6-13)20-30-15(29-19(25)31-20)16-28-18(36-32-16)17(34)27-10-12-7-8-14(26-9-12)35-11-21(22,23)24/h2-9H,10-11H2,1H3,(H,27,34)(H2,25,29,30,31). The lowest BCUT2D eigenvalue weighted by atomic mass is 10.3. The molecular formula is C21H18F3N9O3. The molecule has 1 aromatic carbocycles. The zero-order valence-electron chi connectivity index (χ0n) is 18.6. The molecule has 0 bridgehead atoms. The van der Waals surface area contributed by atoms with E-state index in [0.717, 1.165) is 5.69 Å². The number of aromatic nitrogens is 6. The highest BCUT2D eigenvalue weighted by Crippen LogP contribution is 2.22. The Hall–Kier alpha value is -4.82. The van der Waals surface area contributed by atoms with E-state index < -0.39 is 18.7 Å². The van der Waals surface area contributed by atoms with Crippen LogP contribution in [0.2, 0.25) is 0 Å². The van der Waals surface area contributed by atoms with Gasteiger partial charge < -0.3 is 25.2 Å². The van der Waals surface area contributed by atoms with Gasteiger partial charge in [-0.15, -0.1) is 0 Å². The average Bonchev–Trinajstić information content (AvgIpc) is 3.36. The van der Waals surface area contributed by atoms with Crippen molar-refractivity contribution in [2.45, 2.75) is 12.7 Å². The van der Waals surface area contributed by atoms with Crippen molar-refractivity contribution in [1.29, 1.82) is 0 Å². The Bertz CT molecular complexity index is 1330. The minimum Gasteiger partial charge on any atom is -0.468 e. The van der Waals surface area contributed by atoms with E-state index >= 15 is 0 Å². The molecule has 0 saturated carbocycles. The molecule has 0 unspecified atom stereocenters. The van der Waals surface area contributed by atoms with Crippen LogP contribution in [0, 0.1) is 0 Å². The second-order valence-electron chi connectivity index (χ2n) is 7.23. The van der Waals surface area contributed by atoms with Gasteiger partial charge in [-0.05, 0) is 17.7 Å². The quantitative estimate of drug-likeness (QED) is 0.365. The summed E-state index contributed by atoms with van der Waals surface area (Å²) in [5, 5.41) is 6.27. The second-order valence-corrected chi connectivity index (χ2v) is 7.23. The van der Waals surface area contributed by atoms with Crippen LogP contribution in [0.4, 0.5) is 30.8 Å². The number of nitrogen functional groups attached to an aromatic ring is 1. The number of benzene rings is 1. The number of nitrogens with two attached hydrogens (primary N) is 1. The van der Waals surface area contributed by atoms with E-state index in [9.17, 15) is 18.0 Å². The number of carbonyl (C=O) groups excluding carboxylic acids is 1. The van der Waals surface area contributed by atoms with E-state index in [2.05, 4.69) is 40.1 Å². The molecule has 186 valence electrons. The van der Waals surface area contributed by atoms with Crippen LogP contribution in [0.15, 0.2) is 53.2 Å². The van der Waals surface area contributed by atoms with Crippen LogP contribution < -0.4 is 20.7 Å². The molecule has 15 heteroatoms. The molecule has 0 aliphatic rings. The van der Waals surface area contributed by atoms with Gasteiger partial charge in [0.2, 0.25) is 29.4 Å². The van der Waals surface area contributed by atoms with E-state index in [-0.39, 0.29) is 41.9 Å². The van der Waals surface area contributed by atoms with Crippen LogP contribution >= 0.6 is 0 Å². The number of rotatable bonds is 8. The lowest BCUT2D eigenvalue weighted by Gasteiger charge is -2.17. The predicted octanol–water partition coefficient (Wildman–Crippen LogP) is 2.54. The third-order valence-corrected chi connectivity index (χ3v) is 4.54. The molecule has 12 nitrogen and oxygen atoms in total. The second kappa shape index (κ2) is 10.2. The number of hydrogen-bond acceptors (Lipinski definition) is 11. The third kappa shape index (κ3) is 6.19. The molecule has 0 fully saturated rings. The fraction of sp³-hybridized carbons (Fsp3) is 0.190. The molecule has 0 radical (unpaired) electrons. The van der Waals surface area contributed by atoms with E-state index in [0.29, 0.717) is 5.56 Å². The van der Waals surface area contributed by atoms with Crippen LogP contribution in [0.1, 0.15) is 16.2 Å². The van der Waals surface area contributed by atoms with Gasteiger partial charge in [0, 0.05) is 31.5 Å². The number of para-hydroxylation sites is 1. The Morgan fingerprint density at radius 3 is 2.56 bits per heavy atom. The predicted molar refractivity (Wildman–Crippen MR) is 119 cm³/mol. The van der Waals surface area contributed by atoms with Gasteiger partial charge in [-0.1, -0.05) is 29.4 Å². The monoisotopic (exact) mass is 501 g/mol. The summed E-state index contributed by atoms with van der Waals surface area (Å²) in [6, 6.07) is 12.0. The van der Waals surface area contributed by atoms with Crippen LogP contribution in [-0.2, 0) is 6.54 Å². The maximum atomic E-state index is 12.4. The minimum atomic E-state index is -4.47. The van der Waals surface area contributed by atoms with Crippen LogP contribution in [-0.4, -0.2) is 55.8 Å². The number of pyridine rings is 1. The van der Waals surface area contributed by atoms with E-state index in [4.69, 9.17) is 10.3 Å². The van der Waals surface area contributed by atoms with Crippen molar-refractivity contribution in [2.24, 2.45) is 0 Å². The van der Waals surface area contributed by atoms with Crippen molar-refractivity contribution in [3.63, 3.8) is 0 Å². The number of ether oxygens (including phenoxy) is 1. The fourth-order valence-corrected chi connectivity index (χ4v) is 2.82. The first-order valence-corrected chi connectivity index (χ1v) is 10.2. The van der Waals surface area contributed by atoms with Gasteiger partial charge in [0.15, 0.2) is 6.61 Å². The summed E-state index contributed by atoms with van der Waals surface area (Å²) in [5.74, 6) is -1.18. The number of nitrogens with one attached hydrogen (secondary N) is 1. The van der Waals surface area contributed by atoms with Crippen molar-refractivity contribution in [2.75, 3.05) is 24.3 Å². The van der Waals surface area contributed by atoms with Gasteiger partial charge >= 0.3 is 18.0 Å². The SMILES string of the molecule is CN(c1ccccc1)c1nc(N)nc(-c2noc(C(=O)NCc3ccc(OCC(F)(F)F)nc3)n2)n1. The molecule has 1 amide bonds. The van der Waals surface area contributed by atoms with Gasteiger partial charge in [0.05, 0.1) is 0 Å². The topological polar surface area (TPSA) is 158 Å². The van der Waals surface area contributed by atoms with Crippen molar-refractivity contribution < 1.29 is 27.2 Å². The van der Waals surface area contributed by atoms with Crippen molar-refractivity contribution in [3.8, 4) is 17.5 Å². The number of hydrogen-bond donors (Lipinski definition) is 2. The van der Waals surface area contributed by atoms with Crippen LogP contribution in [0.5, 0.6) is 5.88 Å². The first-order chi connectivity index (χ1) is 17.2. The van der Waals surface area contributed by atoms with Crippen molar-refractivity contribution >= 4 is 23.5 Å². The molecule has 3 heterocycles. The molecule has 3 N–H and O–H groups in total. The highest BCUT2D eigenvalue weighted by molar-refractivity contribution is 5.89.